The Morgan fingerprint density at radius 2 is 0.966 bits per heavy atom. The Kier molecular flexibility index (Phi) is 20.3. The molecule has 0 fully saturated rings. The van der Waals surface area contributed by atoms with E-state index in [2.05, 4.69) is 12.2 Å². The molecule has 0 aromatic carbocycles. The van der Waals surface area contributed by atoms with Gasteiger partial charge in [0.05, 0.1) is 0 Å². The molecule has 2 N–H and O–H groups in total. The number of hydrogen-bond donors (Lipinski definition) is 2. The van der Waals surface area contributed by atoms with Crippen molar-refractivity contribution >= 4 is 5.91 Å². The Hall–Kier alpha value is -0.570. The molecule has 1 atom stereocenters. The monoisotopic (exact) mass is 411 g/mol. The predicted octanol–water partition coefficient (Wildman–Crippen LogP) is 8.04. The molecule has 0 aromatic heterocycles. The minimum Gasteiger partial charge on any atom is -0.371 e. The summed E-state index contributed by atoms with van der Waals surface area (Å²) in [5.41, 5.74) is -1.04. The van der Waals surface area contributed by atoms with E-state index in [-0.39, 0.29) is 5.91 Å². The van der Waals surface area contributed by atoms with Crippen molar-refractivity contribution in [3.05, 3.63) is 0 Å². The van der Waals surface area contributed by atoms with Crippen molar-refractivity contribution in [3.63, 3.8) is 0 Å². The third-order valence-electron chi connectivity index (χ3n) is 5.90. The molecule has 1 unspecified atom stereocenters. The van der Waals surface area contributed by atoms with Gasteiger partial charge in [0.1, 0.15) is 5.72 Å². The Labute approximate surface area is 182 Å². The normalized spacial score (nSPS) is 13.4. The van der Waals surface area contributed by atoms with E-state index in [1.165, 1.54) is 103 Å². The van der Waals surface area contributed by atoms with Gasteiger partial charge < -0.3 is 10.4 Å². The fraction of sp³-hybridized carbons (Fsp3) is 0.962. The lowest BCUT2D eigenvalue weighted by atomic mass is 10.0. The minimum atomic E-state index is -1.04. The molecule has 0 bridgehead atoms. The summed E-state index contributed by atoms with van der Waals surface area (Å²) in [6, 6.07) is 0. The molecule has 174 valence electrons. The first kappa shape index (κ1) is 28.4. The van der Waals surface area contributed by atoms with E-state index >= 15 is 0 Å². The molecule has 0 aromatic rings. The van der Waals surface area contributed by atoms with E-state index in [4.69, 9.17) is 0 Å². The van der Waals surface area contributed by atoms with Crippen LogP contribution in [-0.4, -0.2) is 16.7 Å². The molecule has 0 saturated heterocycles. The van der Waals surface area contributed by atoms with Crippen LogP contribution >= 0.6 is 0 Å². The van der Waals surface area contributed by atoms with Crippen LogP contribution in [0.1, 0.15) is 156 Å². The van der Waals surface area contributed by atoms with Crippen LogP contribution in [-0.2, 0) is 4.79 Å². The number of hydrogen-bond acceptors (Lipinski definition) is 2. The molecular formula is C26H53NO2. The van der Waals surface area contributed by atoms with Crippen LogP contribution in [0.3, 0.4) is 0 Å². The molecule has 0 heterocycles. The van der Waals surface area contributed by atoms with Gasteiger partial charge >= 0.3 is 0 Å². The lowest BCUT2D eigenvalue weighted by molar-refractivity contribution is -0.128. The second kappa shape index (κ2) is 20.7. The Bertz CT molecular complexity index is 355. The Morgan fingerprint density at radius 3 is 1.31 bits per heavy atom. The Balaban J connectivity index is 3.21. The summed E-state index contributed by atoms with van der Waals surface area (Å²) in [7, 11) is 0. The van der Waals surface area contributed by atoms with E-state index < -0.39 is 5.72 Å². The lowest BCUT2D eigenvalue weighted by Gasteiger charge is -2.24. The van der Waals surface area contributed by atoms with E-state index in [1.54, 1.807) is 6.92 Å². The van der Waals surface area contributed by atoms with Crippen LogP contribution < -0.4 is 5.32 Å². The first-order valence-electron chi connectivity index (χ1n) is 13.0. The molecule has 29 heavy (non-hydrogen) atoms. The SMILES string of the molecule is CCCCCCCCCCCCCCCCCCCCC(=O)NC(C)(O)CCC. The zero-order valence-electron chi connectivity index (χ0n) is 20.2. The fourth-order valence-corrected chi connectivity index (χ4v) is 4.10. The highest BCUT2D eigenvalue weighted by Gasteiger charge is 2.20. The van der Waals surface area contributed by atoms with Crippen LogP contribution in [0.2, 0.25) is 0 Å². The average molecular weight is 412 g/mol. The standard InChI is InChI=1S/C26H53NO2/c1-4-6-7-8-9-10-11-12-13-14-15-16-17-18-19-20-21-22-23-25(28)27-26(3,29)24-5-2/h29H,4-24H2,1-3H3,(H,27,28). The number of unbranched alkanes of at least 4 members (excludes halogenated alkanes) is 17. The van der Waals surface area contributed by atoms with Crippen LogP contribution in [0.15, 0.2) is 0 Å². The van der Waals surface area contributed by atoms with Gasteiger partial charge in [-0.05, 0) is 19.8 Å². The second-order valence-electron chi connectivity index (χ2n) is 9.33. The number of carbonyl (C=O) groups excluding carboxylic acids is 1. The number of carbonyl (C=O) groups is 1. The quantitative estimate of drug-likeness (QED) is 0.140. The van der Waals surface area contributed by atoms with Gasteiger partial charge in [0.15, 0.2) is 0 Å². The Morgan fingerprint density at radius 1 is 0.621 bits per heavy atom. The van der Waals surface area contributed by atoms with Crippen molar-refractivity contribution in [3.8, 4) is 0 Å². The van der Waals surface area contributed by atoms with Crippen LogP contribution in [0, 0.1) is 0 Å². The maximum Gasteiger partial charge on any atom is 0.222 e. The van der Waals surface area contributed by atoms with Gasteiger partial charge in [0.2, 0.25) is 5.91 Å². The summed E-state index contributed by atoms with van der Waals surface area (Å²) in [5.74, 6) is -0.0139. The number of rotatable bonds is 22. The summed E-state index contributed by atoms with van der Waals surface area (Å²) in [5, 5.41) is 12.7. The molecule has 1 amide bonds. The maximum absolute atomic E-state index is 11.8. The van der Waals surface area contributed by atoms with Crippen LogP contribution in [0.25, 0.3) is 0 Å². The largest absolute Gasteiger partial charge is 0.371 e. The highest BCUT2D eigenvalue weighted by atomic mass is 16.3. The van der Waals surface area contributed by atoms with Crippen LogP contribution in [0.4, 0.5) is 0 Å². The first-order valence-corrected chi connectivity index (χ1v) is 13.0. The predicted molar refractivity (Wildman–Crippen MR) is 127 cm³/mol. The summed E-state index contributed by atoms with van der Waals surface area (Å²) in [6.07, 6.45) is 26.4. The highest BCUT2D eigenvalue weighted by Crippen LogP contribution is 2.15. The van der Waals surface area contributed by atoms with Gasteiger partial charge in [-0.15, -0.1) is 0 Å². The van der Waals surface area contributed by atoms with Crippen molar-refractivity contribution in [1.82, 2.24) is 5.32 Å². The molecule has 0 spiro atoms. The van der Waals surface area contributed by atoms with Crippen molar-refractivity contribution in [1.29, 1.82) is 0 Å². The highest BCUT2D eigenvalue weighted by molar-refractivity contribution is 5.76. The third-order valence-corrected chi connectivity index (χ3v) is 5.90. The molecule has 0 saturated carbocycles. The number of amides is 1. The van der Waals surface area contributed by atoms with E-state index in [0.717, 1.165) is 19.3 Å². The third kappa shape index (κ3) is 21.9. The smallest absolute Gasteiger partial charge is 0.222 e. The molecule has 3 nitrogen and oxygen atoms in total. The van der Waals surface area contributed by atoms with Gasteiger partial charge in [0.25, 0.3) is 0 Å². The van der Waals surface area contributed by atoms with Gasteiger partial charge in [-0.2, -0.15) is 0 Å². The fourth-order valence-electron chi connectivity index (χ4n) is 4.10. The van der Waals surface area contributed by atoms with Gasteiger partial charge in [-0.25, -0.2) is 0 Å². The van der Waals surface area contributed by atoms with Gasteiger partial charge in [-0.1, -0.05) is 129 Å². The second-order valence-corrected chi connectivity index (χ2v) is 9.33. The molecule has 0 aliphatic heterocycles. The summed E-state index contributed by atoms with van der Waals surface area (Å²) in [4.78, 5) is 11.8. The molecule has 0 aliphatic carbocycles. The van der Waals surface area contributed by atoms with Crippen molar-refractivity contribution in [2.24, 2.45) is 0 Å². The maximum atomic E-state index is 11.8. The first-order chi connectivity index (χ1) is 14.0. The van der Waals surface area contributed by atoms with Crippen LogP contribution in [0.5, 0.6) is 0 Å². The summed E-state index contributed by atoms with van der Waals surface area (Å²) >= 11 is 0. The van der Waals surface area contributed by atoms with Crippen molar-refractivity contribution in [2.75, 3.05) is 0 Å². The molecular weight excluding hydrogens is 358 g/mol. The van der Waals surface area contributed by atoms with E-state index in [1.807, 2.05) is 6.92 Å². The van der Waals surface area contributed by atoms with E-state index in [0.29, 0.717) is 12.8 Å². The molecule has 0 aliphatic rings. The molecule has 0 radical (unpaired) electrons. The van der Waals surface area contributed by atoms with Gasteiger partial charge in [-0.3, -0.25) is 4.79 Å². The number of aliphatic hydroxyl groups is 1. The van der Waals surface area contributed by atoms with Crippen molar-refractivity contribution < 1.29 is 9.90 Å². The average Bonchev–Trinajstić information content (AvgIpc) is 2.66. The zero-order valence-corrected chi connectivity index (χ0v) is 20.2. The number of nitrogens with one attached hydrogen (secondary N) is 1. The van der Waals surface area contributed by atoms with Gasteiger partial charge in [0, 0.05) is 6.42 Å². The van der Waals surface area contributed by atoms with E-state index in [9.17, 15) is 9.90 Å². The summed E-state index contributed by atoms with van der Waals surface area (Å²) < 4.78 is 0. The molecule has 3 heteroatoms. The lowest BCUT2D eigenvalue weighted by Crippen LogP contribution is -2.45. The zero-order chi connectivity index (χ0) is 21.6. The topological polar surface area (TPSA) is 49.3 Å². The minimum absolute atomic E-state index is 0.0139. The summed E-state index contributed by atoms with van der Waals surface area (Å²) in [6.45, 7) is 5.98. The molecule has 0 rings (SSSR count). The van der Waals surface area contributed by atoms with Crippen molar-refractivity contribution in [2.45, 2.75) is 161 Å².